The first kappa shape index (κ1) is 9.97. The number of pyridine rings is 1. The van der Waals surface area contributed by atoms with Crippen molar-refractivity contribution in [1.82, 2.24) is 4.98 Å². The molecule has 0 atom stereocenters. The Hall–Kier alpha value is -0.570. The molecule has 1 heterocycles. The Balaban J connectivity index is 1.90. The molecule has 2 nitrogen and oxygen atoms in total. The summed E-state index contributed by atoms with van der Waals surface area (Å²) in [7, 11) is 0. The van der Waals surface area contributed by atoms with Crippen LogP contribution in [0.1, 0.15) is 24.8 Å². The van der Waals surface area contributed by atoms with Gasteiger partial charge in [0.25, 0.3) is 0 Å². The highest BCUT2D eigenvalue weighted by Gasteiger charge is 2.20. The number of rotatable bonds is 4. The van der Waals surface area contributed by atoms with Crippen molar-refractivity contribution in [3.63, 3.8) is 0 Å². The van der Waals surface area contributed by atoms with Gasteiger partial charge in [-0.25, -0.2) is 4.98 Å². The molecule has 0 aromatic carbocycles. The highest BCUT2D eigenvalue weighted by Crippen LogP contribution is 2.33. The lowest BCUT2D eigenvalue weighted by atomic mass is 10.3. The van der Waals surface area contributed by atoms with Crippen molar-refractivity contribution in [2.24, 2.45) is 5.92 Å². The highest BCUT2D eigenvalue weighted by molar-refractivity contribution is 9.10. The number of aryl methyl sites for hydroxylation is 1. The number of nitrogens with zero attached hydrogens (tertiary/aromatic N) is 1. The largest absolute Gasteiger partial charge is 0.477 e. The maximum absolute atomic E-state index is 5.61. The fourth-order valence-corrected chi connectivity index (χ4v) is 1.69. The second-order valence-corrected chi connectivity index (χ2v) is 4.62. The molecule has 1 aromatic heterocycles. The van der Waals surface area contributed by atoms with Crippen LogP contribution in [0.25, 0.3) is 0 Å². The first-order valence-corrected chi connectivity index (χ1v) is 5.80. The van der Waals surface area contributed by atoms with Gasteiger partial charge in [0.1, 0.15) is 0 Å². The van der Waals surface area contributed by atoms with E-state index < -0.39 is 0 Å². The average molecular weight is 256 g/mol. The summed E-state index contributed by atoms with van der Waals surface area (Å²) in [5.74, 6) is 1.64. The summed E-state index contributed by atoms with van der Waals surface area (Å²) in [4.78, 5) is 4.19. The monoisotopic (exact) mass is 255 g/mol. The van der Waals surface area contributed by atoms with Gasteiger partial charge in [0.15, 0.2) is 0 Å². The van der Waals surface area contributed by atoms with Gasteiger partial charge < -0.3 is 4.74 Å². The van der Waals surface area contributed by atoms with Crippen LogP contribution in [-0.4, -0.2) is 11.6 Å². The van der Waals surface area contributed by atoms with Crippen LogP contribution in [0, 0.1) is 12.8 Å². The zero-order valence-corrected chi connectivity index (χ0v) is 9.88. The molecule has 1 aliphatic carbocycles. The standard InChI is InChI=1S/C11H14BrNO/c1-8-4-6-13-11(10(8)12)14-7-5-9-2-3-9/h4,6,9H,2-3,5,7H2,1H3. The Bertz CT molecular complexity index is 323. The van der Waals surface area contributed by atoms with Crippen molar-refractivity contribution in [3.8, 4) is 5.88 Å². The number of aromatic nitrogens is 1. The lowest BCUT2D eigenvalue weighted by molar-refractivity contribution is 0.289. The van der Waals surface area contributed by atoms with Crippen molar-refractivity contribution < 1.29 is 4.74 Å². The molecule has 0 amide bonds. The van der Waals surface area contributed by atoms with Gasteiger partial charge in [0.05, 0.1) is 11.1 Å². The third-order valence-corrected chi connectivity index (χ3v) is 3.48. The lowest BCUT2D eigenvalue weighted by Crippen LogP contribution is -2.01. The molecular weight excluding hydrogens is 242 g/mol. The van der Waals surface area contributed by atoms with Crippen LogP contribution in [0.5, 0.6) is 5.88 Å². The molecule has 2 rings (SSSR count). The van der Waals surface area contributed by atoms with E-state index in [0.29, 0.717) is 0 Å². The minimum atomic E-state index is 0.727. The first-order valence-electron chi connectivity index (χ1n) is 5.01. The van der Waals surface area contributed by atoms with Gasteiger partial charge in [-0.15, -0.1) is 0 Å². The van der Waals surface area contributed by atoms with Crippen molar-refractivity contribution in [2.75, 3.05) is 6.61 Å². The minimum absolute atomic E-state index is 0.727. The molecule has 14 heavy (non-hydrogen) atoms. The maximum atomic E-state index is 5.61. The van der Waals surface area contributed by atoms with Gasteiger partial charge in [-0.05, 0) is 46.8 Å². The quantitative estimate of drug-likeness (QED) is 0.824. The number of hydrogen-bond acceptors (Lipinski definition) is 2. The Morgan fingerprint density at radius 2 is 2.36 bits per heavy atom. The second-order valence-electron chi connectivity index (χ2n) is 3.83. The van der Waals surface area contributed by atoms with Gasteiger partial charge in [0.2, 0.25) is 5.88 Å². The van der Waals surface area contributed by atoms with Gasteiger partial charge >= 0.3 is 0 Å². The molecule has 0 unspecified atom stereocenters. The molecule has 1 aromatic rings. The molecular formula is C11H14BrNO. The third-order valence-electron chi connectivity index (χ3n) is 2.51. The Morgan fingerprint density at radius 1 is 1.57 bits per heavy atom. The van der Waals surface area contributed by atoms with E-state index in [2.05, 4.69) is 20.9 Å². The zero-order chi connectivity index (χ0) is 9.97. The van der Waals surface area contributed by atoms with E-state index >= 15 is 0 Å². The first-order chi connectivity index (χ1) is 6.77. The summed E-state index contributed by atoms with van der Waals surface area (Å²) in [5.41, 5.74) is 1.17. The fraction of sp³-hybridized carbons (Fsp3) is 0.545. The van der Waals surface area contributed by atoms with Crippen molar-refractivity contribution >= 4 is 15.9 Å². The summed E-state index contributed by atoms with van der Waals surface area (Å²) in [6.07, 6.45) is 5.71. The van der Waals surface area contributed by atoms with Crippen LogP contribution in [-0.2, 0) is 0 Å². The average Bonchev–Trinajstić information content (AvgIpc) is 2.96. The fourth-order valence-electron chi connectivity index (χ4n) is 1.34. The summed E-state index contributed by atoms with van der Waals surface area (Å²) < 4.78 is 6.59. The minimum Gasteiger partial charge on any atom is -0.477 e. The van der Waals surface area contributed by atoms with E-state index in [0.717, 1.165) is 22.9 Å². The topological polar surface area (TPSA) is 22.1 Å². The van der Waals surface area contributed by atoms with Crippen LogP contribution >= 0.6 is 15.9 Å². The van der Waals surface area contributed by atoms with E-state index in [1.54, 1.807) is 6.20 Å². The molecule has 0 aliphatic heterocycles. The zero-order valence-electron chi connectivity index (χ0n) is 8.29. The Morgan fingerprint density at radius 3 is 3.07 bits per heavy atom. The predicted molar refractivity (Wildman–Crippen MR) is 59.5 cm³/mol. The van der Waals surface area contributed by atoms with E-state index in [4.69, 9.17) is 4.74 Å². The van der Waals surface area contributed by atoms with Gasteiger partial charge in [-0.1, -0.05) is 12.8 Å². The van der Waals surface area contributed by atoms with Crippen LogP contribution in [0.4, 0.5) is 0 Å². The SMILES string of the molecule is Cc1ccnc(OCCC2CC2)c1Br. The van der Waals surface area contributed by atoms with E-state index in [-0.39, 0.29) is 0 Å². The summed E-state index contributed by atoms with van der Waals surface area (Å²) in [6.45, 7) is 2.83. The number of halogens is 1. The Kier molecular flexibility index (Phi) is 3.06. The molecule has 0 bridgehead atoms. The number of ether oxygens (including phenoxy) is 1. The van der Waals surface area contributed by atoms with Gasteiger partial charge in [-0.2, -0.15) is 0 Å². The molecule has 0 N–H and O–H groups in total. The van der Waals surface area contributed by atoms with Crippen LogP contribution in [0.3, 0.4) is 0 Å². The Labute approximate surface area is 92.8 Å². The summed E-state index contributed by atoms with van der Waals surface area (Å²) >= 11 is 3.48. The molecule has 1 fully saturated rings. The van der Waals surface area contributed by atoms with Crippen molar-refractivity contribution in [2.45, 2.75) is 26.2 Å². The van der Waals surface area contributed by atoms with Crippen LogP contribution < -0.4 is 4.74 Å². The molecule has 1 saturated carbocycles. The van der Waals surface area contributed by atoms with E-state index in [1.165, 1.54) is 24.8 Å². The molecule has 0 spiro atoms. The normalized spacial score (nSPS) is 15.6. The van der Waals surface area contributed by atoms with Crippen molar-refractivity contribution in [1.29, 1.82) is 0 Å². The highest BCUT2D eigenvalue weighted by atomic mass is 79.9. The summed E-state index contributed by atoms with van der Waals surface area (Å²) in [5, 5.41) is 0. The molecule has 1 aliphatic rings. The van der Waals surface area contributed by atoms with E-state index in [9.17, 15) is 0 Å². The predicted octanol–water partition coefficient (Wildman–Crippen LogP) is 3.33. The smallest absolute Gasteiger partial charge is 0.228 e. The van der Waals surface area contributed by atoms with Gasteiger partial charge in [-0.3, -0.25) is 0 Å². The van der Waals surface area contributed by atoms with Crippen LogP contribution in [0.2, 0.25) is 0 Å². The third kappa shape index (κ3) is 2.47. The van der Waals surface area contributed by atoms with Gasteiger partial charge in [0, 0.05) is 6.20 Å². The second kappa shape index (κ2) is 4.30. The van der Waals surface area contributed by atoms with E-state index in [1.807, 2.05) is 13.0 Å². The number of hydrogen-bond donors (Lipinski definition) is 0. The molecule has 0 saturated heterocycles. The van der Waals surface area contributed by atoms with Crippen LogP contribution in [0.15, 0.2) is 16.7 Å². The van der Waals surface area contributed by atoms with Crippen molar-refractivity contribution in [3.05, 3.63) is 22.3 Å². The summed E-state index contributed by atoms with van der Waals surface area (Å²) in [6, 6.07) is 1.97. The molecule has 3 heteroatoms. The maximum Gasteiger partial charge on any atom is 0.228 e. The lowest BCUT2D eigenvalue weighted by Gasteiger charge is -2.07. The molecule has 76 valence electrons. The molecule has 0 radical (unpaired) electrons.